The van der Waals surface area contributed by atoms with E-state index in [4.69, 9.17) is 9.47 Å². The molecule has 2 aromatic rings. The number of hydrogen-bond acceptors (Lipinski definition) is 6. The van der Waals surface area contributed by atoms with E-state index >= 15 is 0 Å². The van der Waals surface area contributed by atoms with Crippen molar-refractivity contribution in [3.8, 4) is 5.75 Å². The SMILES string of the molecule is COc1ccc(S(=O)(=O)N2CCOC2CNC(=O)C(=O)NCCCc2ccccc2)cc1C. The van der Waals surface area contributed by atoms with Gasteiger partial charge in [0.15, 0.2) is 0 Å². The lowest BCUT2D eigenvalue weighted by atomic mass is 10.1. The number of ether oxygens (including phenoxy) is 2. The Morgan fingerprint density at radius 2 is 1.85 bits per heavy atom. The van der Waals surface area contributed by atoms with Crippen molar-refractivity contribution in [3.63, 3.8) is 0 Å². The molecule has 1 atom stereocenters. The van der Waals surface area contributed by atoms with Crippen LogP contribution in [0.1, 0.15) is 17.5 Å². The van der Waals surface area contributed by atoms with E-state index in [1.807, 2.05) is 30.3 Å². The number of methoxy groups -OCH3 is 1. The van der Waals surface area contributed by atoms with Gasteiger partial charge in [0.25, 0.3) is 0 Å². The minimum atomic E-state index is -3.85. The number of nitrogens with one attached hydrogen (secondary N) is 2. The van der Waals surface area contributed by atoms with Crippen LogP contribution in [0, 0.1) is 6.92 Å². The van der Waals surface area contributed by atoms with Gasteiger partial charge in [0, 0.05) is 13.1 Å². The van der Waals surface area contributed by atoms with E-state index in [2.05, 4.69) is 10.6 Å². The van der Waals surface area contributed by atoms with E-state index in [0.29, 0.717) is 24.3 Å². The van der Waals surface area contributed by atoms with Crippen molar-refractivity contribution in [1.29, 1.82) is 0 Å². The second-order valence-corrected chi connectivity index (χ2v) is 9.52. The molecule has 2 N–H and O–H groups in total. The molecule has 1 fully saturated rings. The van der Waals surface area contributed by atoms with E-state index in [-0.39, 0.29) is 24.6 Å². The summed E-state index contributed by atoms with van der Waals surface area (Å²) < 4.78 is 38.0. The largest absolute Gasteiger partial charge is 0.496 e. The predicted molar refractivity (Wildman–Crippen MR) is 122 cm³/mol. The number of rotatable bonds is 9. The van der Waals surface area contributed by atoms with Crippen LogP contribution in [-0.4, -0.2) is 64.1 Å². The van der Waals surface area contributed by atoms with Crippen molar-refractivity contribution in [3.05, 3.63) is 59.7 Å². The summed E-state index contributed by atoms with van der Waals surface area (Å²) in [5, 5.41) is 5.04. The van der Waals surface area contributed by atoms with Gasteiger partial charge in [-0.25, -0.2) is 8.42 Å². The third-order valence-corrected chi connectivity index (χ3v) is 7.21. The quantitative estimate of drug-likeness (QED) is 0.416. The average molecular weight is 476 g/mol. The maximum Gasteiger partial charge on any atom is 0.309 e. The zero-order valence-electron chi connectivity index (χ0n) is 18.7. The first-order valence-electron chi connectivity index (χ1n) is 10.7. The molecular formula is C23H29N3O6S. The Morgan fingerprint density at radius 1 is 1.12 bits per heavy atom. The first-order chi connectivity index (χ1) is 15.8. The van der Waals surface area contributed by atoms with Crippen LogP contribution < -0.4 is 15.4 Å². The molecular weight excluding hydrogens is 446 g/mol. The summed E-state index contributed by atoms with van der Waals surface area (Å²) in [5.74, 6) is -1.01. The molecule has 0 spiro atoms. The van der Waals surface area contributed by atoms with Crippen molar-refractivity contribution in [2.24, 2.45) is 0 Å². The standard InChI is InChI=1S/C23H29N3O6S/c1-17-15-19(10-11-20(17)31-2)33(29,30)26-13-14-32-21(26)16-25-23(28)22(27)24-12-6-9-18-7-4-3-5-8-18/h3-5,7-8,10-11,15,21H,6,9,12-14,16H2,1-2H3,(H,24,27)(H,25,28). The molecule has 2 aromatic carbocycles. The highest BCUT2D eigenvalue weighted by Gasteiger charge is 2.37. The van der Waals surface area contributed by atoms with Gasteiger partial charge in [0.05, 0.1) is 25.2 Å². The number of benzene rings is 2. The molecule has 0 saturated carbocycles. The van der Waals surface area contributed by atoms with Crippen molar-refractivity contribution >= 4 is 21.8 Å². The van der Waals surface area contributed by atoms with Crippen molar-refractivity contribution in [1.82, 2.24) is 14.9 Å². The Labute approximate surface area is 194 Å². The Bertz CT molecular complexity index is 1070. The molecule has 33 heavy (non-hydrogen) atoms. The van der Waals surface area contributed by atoms with Crippen molar-refractivity contribution < 1.29 is 27.5 Å². The molecule has 9 nitrogen and oxygen atoms in total. The van der Waals surface area contributed by atoms with Gasteiger partial charge >= 0.3 is 11.8 Å². The molecule has 1 heterocycles. The van der Waals surface area contributed by atoms with Crippen LogP contribution in [-0.2, 0) is 30.8 Å². The molecule has 3 rings (SSSR count). The lowest BCUT2D eigenvalue weighted by molar-refractivity contribution is -0.139. The van der Waals surface area contributed by atoms with E-state index in [1.54, 1.807) is 13.0 Å². The average Bonchev–Trinajstić information content (AvgIpc) is 3.30. The molecule has 0 aromatic heterocycles. The fraction of sp³-hybridized carbons (Fsp3) is 0.391. The number of amides is 2. The zero-order chi connectivity index (χ0) is 23.8. The maximum absolute atomic E-state index is 13.1. The molecule has 10 heteroatoms. The second-order valence-electron chi connectivity index (χ2n) is 7.63. The van der Waals surface area contributed by atoms with Crippen LogP contribution in [0.3, 0.4) is 0 Å². The Morgan fingerprint density at radius 3 is 2.55 bits per heavy atom. The smallest absolute Gasteiger partial charge is 0.309 e. The number of sulfonamides is 1. The van der Waals surface area contributed by atoms with Gasteiger partial charge in [-0.3, -0.25) is 9.59 Å². The Hall–Kier alpha value is -2.95. The highest BCUT2D eigenvalue weighted by atomic mass is 32.2. The van der Waals surface area contributed by atoms with Crippen LogP contribution in [0.25, 0.3) is 0 Å². The molecule has 1 aliphatic rings. The molecule has 1 unspecified atom stereocenters. The van der Waals surface area contributed by atoms with Crippen LogP contribution in [0.4, 0.5) is 0 Å². The number of aryl methyl sites for hydroxylation is 2. The third kappa shape index (κ3) is 6.31. The fourth-order valence-electron chi connectivity index (χ4n) is 3.57. The van der Waals surface area contributed by atoms with Crippen molar-refractivity contribution in [2.75, 3.05) is 33.4 Å². The summed E-state index contributed by atoms with van der Waals surface area (Å²) in [4.78, 5) is 24.3. The lowest BCUT2D eigenvalue weighted by Gasteiger charge is -2.23. The molecule has 0 bridgehead atoms. The Kier molecular flexibility index (Phi) is 8.43. The molecule has 1 aliphatic heterocycles. The molecule has 0 aliphatic carbocycles. The number of carbonyl (C=O) groups excluding carboxylic acids is 2. The van der Waals surface area contributed by atoms with Gasteiger partial charge in [0.2, 0.25) is 10.0 Å². The molecule has 178 valence electrons. The molecule has 2 amide bonds. The fourth-order valence-corrected chi connectivity index (χ4v) is 5.16. The highest BCUT2D eigenvalue weighted by Crippen LogP contribution is 2.26. The molecule has 1 saturated heterocycles. The summed E-state index contributed by atoms with van der Waals surface area (Å²) in [6, 6.07) is 14.4. The van der Waals surface area contributed by atoms with Gasteiger partial charge in [-0.15, -0.1) is 0 Å². The van der Waals surface area contributed by atoms with Crippen LogP contribution in [0.5, 0.6) is 5.75 Å². The van der Waals surface area contributed by atoms with Gasteiger partial charge in [-0.2, -0.15) is 4.31 Å². The topological polar surface area (TPSA) is 114 Å². The zero-order valence-corrected chi connectivity index (χ0v) is 19.6. The highest BCUT2D eigenvalue weighted by molar-refractivity contribution is 7.89. The summed E-state index contributed by atoms with van der Waals surface area (Å²) in [5.41, 5.74) is 1.84. The lowest BCUT2D eigenvalue weighted by Crippen LogP contribution is -2.47. The van der Waals surface area contributed by atoms with E-state index in [1.165, 1.54) is 23.5 Å². The van der Waals surface area contributed by atoms with E-state index < -0.39 is 28.1 Å². The minimum absolute atomic E-state index is 0.110. The van der Waals surface area contributed by atoms with Gasteiger partial charge < -0.3 is 20.1 Å². The number of carbonyl (C=O) groups is 2. The number of hydrogen-bond donors (Lipinski definition) is 2. The second kappa shape index (κ2) is 11.3. The summed E-state index contributed by atoms with van der Waals surface area (Å²) in [7, 11) is -2.33. The number of nitrogens with zero attached hydrogens (tertiary/aromatic N) is 1. The van der Waals surface area contributed by atoms with E-state index in [0.717, 1.165) is 12.0 Å². The first kappa shape index (κ1) is 24.7. The summed E-state index contributed by atoms with van der Waals surface area (Å²) >= 11 is 0. The predicted octanol–water partition coefficient (Wildman–Crippen LogP) is 1.22. The van der Waals surface area contributed by atoms with Gasteiger partial charge in [-0.1, -0.05) is 30.3 Å². The monoisotopic (exact) mass is 475 g/mol. The summed E-state index contributed by atoms with van der Waals surface area (Å²) in [6.45, 7) is 2.33. The molecule has 0 radical (unpaired) electrons. The van der Waals surface area contributed by atoms with Crippen LogP contribution >= 0.6 is 0 Å². The van der Waals surface area contributed by atoms with Gasteiger partial charge in [-0.05, 0) is 49.1 Å². The van der Waals surface area contributed by atoms with Crippen molar-refractivity contribution in [2.45, 2.75) is 30.9 Å². The van der Waals surface area contributed by atoms with E-state index in [9.17, 15) is 18.0 Å². The minimum Gasteiger partial charge on any atom is -0.496 e. The van der Waals surface area contributed by atoms with Crippen LogP contribution in [0.15, 0.2) is 53.4 Å². The van der Waals surface area contributed by atoms with Crippen LogP contribution in [0.2, 0.25) is 0 Å². The first-order valence-corrected chi connectivity index (χ1v) is 12.1. The normalized spacial score (nSPS) is 16.4. The van der Waals surface area contributed by atoms with Gasteiger partial charge in [0.1, 0.15) is 12.0 Å². The summed E-state index contributed by atoms with van der Waals surface area (Å²) in [6.07, 6.45) is 0.588. The Balaban J connectivity index is 1.50. The maximum atomic E-state index is 13.1. The third-order valence-electron chi connectivity index (χ3n) is 5.33.